The number of hydrogen-bond donors (Lipinski definition) is 1. The van der Waals surface area contributed by atoms with E-state index in [2.05, 4.69) is 10.3 Å². The van der Waals surface area contributed by atoms with Gasteiger partial charge in [-0.2, -0.15) is 0 Å². The Morgan fingerprint density at radius 2 is 1.86 bits per heavy atom. The Balaban J connectivity index is 1.58. The minimum atomic E-state index is -0.320. The average molecular weight is 395 g/mol. The van der Waals surface area contributed by atoms with Gasteiger partial charge in [0.2, 0.25) is 11.8 Å². The van der Waals surface area contributed by atoms with Crippen molar-refractivity contribution >= 4 is 17.5 Å². The second-order valence-corrected chi connectivity index (χ2v) is 6.71. The van der Waals surface area contributed by atoms with E-state index >= 15 is 0 Å². The van der Waals surface area contributed by atoms with Crippen molar-refractivity contribution in [3.8, 4) is 11.3 Å². The smallest absolute Gasteiger partial charge is 0.224 e. The monoisotopic (exact) mass is 395 g/mol. The van der Waals surface area contributed by atoms with Gasteiger partial charge >= 0.3 is 0 Å². The molecule has 3 aromatic rings. The number of hydrogen-bond acceptors (Lipinski definition) is 4. The number of para-hydroxylation sites is 1. The van der Waals surface area contributed by atoms with E-state index in [0.717, 1.165) is 11.1 Å². The number of amides is 2. The molecule has 150 valence electrons. The summed E-state index contributed by atoms with van der Waals surface area (Å²) in [6.07, 6.45) is 2.09. The van der Waals surface area contributed by atoms with Crippen LogP contribution in [0.2, 0.25) is 0 Å². The second kappa shape index (κ2) is 9.14. The van der Waals surface area contributed by atoms with Crippen molar-refractivity contribution in [3.05, 3.63) is 72.0 Å². The fourth-order valence-corrected chi connectivity index (χ4v) is 2.75. The lowest BCUT2D eigenvalue weighted by molar-refractivity contribution is -0.128. The lowest BCUT2D eigenvalue weighted by Crippen LogP contribution is -2.24. The molecule has 0 bridgehead atoms. The van der Waals surface area contributed by atoms with Crippen LogP contribution in [0.15, 0.2) is 59.1 Å². The fourth-order valence-electron chi connectivity index (χ4n) is 2.75. The average Bonchev–Trinajstić information content (AvgIpc) is 3.17. The van der Waals surface area contributed by atoms with Gasteiger partial charge in [0.15, 0.2) is 11.7 Å². The maximum atomic E-state index is 13.0. The fraction of sp³-hybridized carbons (Fsp3) is 0.227. The highest BCUT2D eigenvalue weighted by molar-refractivity contribution is 5.91. The van der Waals surface area contributed by atoms with Crippen molar-refractivity contribution in [2.24, 2.45) is 0 Å². The van der Waals surface area contributed by atoms with Crippen LogP contribution in [0, 0.1) is 5.82 Å². The lowest BCUT2D eigenvalue weighted by atomic mass is 10.1. The maximum absolute atomic E-state index is 13.0. The summed E-state index contributed by atoms with van der Waals surface area (Å²) in [6, 6.07) is 13.3. The predicted molar refractivity (Wildman–Crippen MR) is 107 cm³/mol. The number of benzene rings is 2. The summed E-state index contributed by atoms with van der Waals surface area (Å²) in [5, 5.41) is 2.88. The van der Waals surface area contributed by atoms with Crippen LogP contribution in [0.25, 0.3) is 11.3 Å². The topological polar surface area (TPSA) is 75.4 Å². The minimum absolute atomic E-state index is 0.0491. The van der Waals surface area contributed by atoms with Gasteiger partial charge in [-0.05, 0) is 35.9 Å². The normalized spacial score (nSPS) is 10.6. The molecule has 29 heavy (non-hydrogen) atoms. The second-order valence-electron chi connectivity index (χ2n) is 6.71. The van der Waals surface area contributed by atoms with Gasteiger partial charge in [-0.1, -0.05) is 18.2 Å². The molecule has 7 heteroatoms. The highest BCUT2D eigenvalue weighted by Crippen LogP contribution is 2.22. The molecule has 0 saturated carbocycles. The number of carbonyl (C=O) groups excluding carboxylic acids is 2. The molecule has 1 aromatic heterocycles. The van der Waals surface area contributed by atoms with Crippen LogP contribution < -0.4 is 5.32 Å². The molecule has 0 saturated heterocycles. The first-order valence-corrected chi connectivity index (χ1v) is 9.22. The molecule has 0 atom stereocenters. The number of anilines is 1. The lowest BCUT2D eigenvalue weighted by Gasteiger charge is -2.17. The number of halogens is 1. The standard InChI is InChI=1S/C22H22FN3O3/c1-15(27)26(2)14-17-5-3-4-6-19(17)25-21(28)11-12-22-24-13-20(29-22)16-7-9-18(23)10-8-16/h3-10,13H,11-12,14H2,1-2H3,(H,25,28). The van der Waals surface area contributed by atoms with Crippen LogP contribution in [0.4, 0.5) is 10.1 Å². The number of nitrogens with zero attached hydrogens (tertiary/aromatic N) is 2. The summed E-state index contributed by atoms with van der Waals surface area (Å²) in [4.78, 5) is 29.6. The van der Waals surface area contributed by atoms with Crippen LogP contribution >= 0.6 is 0 Å². The number of rotatable bonds is 7. The number of aromatic nitrogens is 1. The molecule has 0 aliphatic rings. The molecule has 1 heterocycles. The van der Waals surface area contributed by atoms with E-state index in [1.165, 1.54) is 19.1 Å². The van der Waals surface area contributed by atoms with Gasteiger partial charge in [-0.15, -0.1) is 0 Å². The van der Waals surface area contributed by atoms with Crippen LogP contribution in [0.5, 0.6) is 0 Å². The first-order chi connectivity index (χ1) is 13.9. The molecule has 0 fully saturated rings. The van der Waals surface area contributed by atoms with E-state index in [4.69, 9.17) is 4.42 Å². The van der Waals surface area contributed by atoms with E-state index < -0.39 is 0 Å². The molecule has 0 aliphatic carbocycles. The van der Waals surface area contributed by atoms with Crippen molar-refractivity contribution in [2.75, 3.05) is 12.4 Å². The Hall–Kier alpha value is -3.48. The molecule has 3 rings (SSSR count). The molecule has 0 aliphatic heterocycles. The van der Waals surface area contributed by atoms with Crippen molar-refractivity contribution in [3.63, 3.8) is 0 Å². The van der Waals surface area contributed by atoms with Crippen LogP contribution in [-0.2, 0) is 22.6 Å². The quantitative estimate of drug-likeness (QED) is 0.655. The van der Waals surface area contributed by atoms with E-state index in [9.17, 15) is 14.0 Å². The SMILES string of the molecule is CC(=O)N(C)Cc1ccccc1NC(=O)CCc1ncc(-c2ccc(F)cc2)o1. The molecule has 1 N–H and O–H groups in total. The zero-order valence-corrected chi connectivity index (χ0v) is 16.3. The van der Waals surface area contributed by atoms with Crippen LogP contribution in [0.1, 0.15) is 24.8 Å². The van der Waals surface area contributed by atoms with Crippen molar-refractivity contribution in [2.45, 2.75) is 26.3 Å². The van der Waals surface area contributed by atoms with Crippen molar-refractivity contribution in [1.29, 1.82) is 0 Å². The van der Waals surface area contributed by atoms with Gasteiger partial charge in [0.05, 0.1) is 6.20 Å². The molecule has 0 radical (unpaired) electrons. The van der Waals surface area contributed by atoms with Gasteiger partial charge < -0.3 is 14.6 Å². The Labute approximate surface area is 168 Å². The third kappa shape index (κ3) is 5.51. The van der Waals surface area contributed by atoms with E-state index in [0.29, 0.717) is 30.3 Å². The molecule has 6 nitrogen and oxygen atoms in total. The van der Waals surface area contributed by atoms with Gasteiger partial charge in [0.1, 0.15) is 5.82 Å². The number of nitrogens with one attached hydrogen (secondary N) is 1. The molecule has 2 amide bonds. The molecule has 0 spiro atoms. The predicted octanol–water partition coefficient (Wildman–Crippen LogP) is 4.03. The minimum Gasteiger partial charge on any atom is -0.441 e. The van der Waals surface area contributed by atoms with E-state index in [1.54, 1.807) is 36.3 Å². The Morgan fingerprint density at radius 1 is 1.14 bits per heavy atom. The largest absolute Gasteiger partial charge is 0.441 e. The summed E-state index contributed by atoms with van der Waals surface area (Å²) in [5.41, 5.74) is 2.25. The summed E-state index contributed by atoms with van der Waals surface area (Å²) in [6.45, 7) is 1.91. The molecular formula is C22H22FN3O3. The number of carbonyl (C=O) groups is 2. The van der Waals surface area contributed by atoms with Crippen molar-refractivity contribution < 1.29 is 18.4 Å². The summed E-state index contributed by atoms with van der Waals surface area (Å²) >= 11 is 0. The molecular weight excluding hydrogens is 373 g/mol. The Bertz CT molecular complexity index is 999. The summed E-state index contributed by atoms with van der Waals surface area (Å²) < 4.78 is 18.7. The van der Waals surface area contributed by atoms with E-state index in [-0.39, 0.29) is 24.1 Å². The van der Waals surface area contributed by atoms with Gasteiger partial charge in [-0.3, -0.25) is 9.59 Å². The number of oxazole rings is 1. The third-order valence-electron chi connectivity index (χ3n) is 4.48. The first-order valence-electron chi connectivity index (χ1n) is 9.22. The molecule has 0 unspecified atom stereocenters. The highest BCUT2D eigenvalue weighted by Gasteiger charge is 2.12. The summed E-state index contributed by atoms with van der Waals surface area (Å²) in [5.74, 6) is 0.415. The van der Waals surface area contributed by atoms with Gasteiger partial charge in [0.25, 0.3) is 0 Å². The zero-order chi connectivity index (χ0) is 20.8. The first kappa shape index (κ1) is 20.3. The Kier molecular flexibility index (Phi) is 6.39. The zero-order valence-electron chi connectivity index (χ0n) is 16.3. The van der Waals surface area contributed by atoms with Gasteiger partial charge in [-0.25, -0.2) is 9.37 Å². The van der Waals surface area contributed by atoms with Crippen LogP contribution in [0.3, 0.4) is 0 Å². The Morgan fingerprint density at radius 3 is 2.59 bits per heavy atom. The highest BCUT2D eigenvalue weighted by atomic mass is 19.1. The summed E-state index contributed by atoms with van der Waals surface area (Å²) in [7, 11) is 1.71. The third-order valence-corrected chi connectivity index (χ3v) is 4.48. The van der Waals surface area contributed by atoms with Crippen molar-refractivity contribution in [1.82, 2.24) is 9.88 Å². The van der Waals surface area contributed by atoms with Gasteiger partial charge in [0, 0.05) is 44.6 Å². The molecule has 2 aromatic carbocycles. The maximum Gasteiger partial charge on any atom is 0.224 e. The van der Waals surface area contributed by atoms with Crippen LogP contribution in [-0.4, -0.2) is 28.7 Å². The van der Waals surface area contributed by atoms with E-state index in [1.807, 2.05) is 18.2 Å². The number of aryl methyl sites for hydroxylation is 1.